The molecule has 1 heterocycles. The highest BCUT2D eigenvalue weighted by molar-refractivity contribution is 6.56. The minimum absolute atomic E-state index is 0.202. The summed E-state index contributed by atoms with van der Waals surface area (Å²) in [5.41, 5.74) is 0.615. The van der Waals surface area contributed by atoms with E-state index in [2.05, 4.69) is 6.58 Å². The van der Waals surface area contributed by atoms with Crippen LogP contribution < -0.4 is 4.90 Å². The SMILES string of the molecule is C=CCCN1C(=O)C(=O)c2c(Cl)ccc(Cl)c21. The highest BCUT2D eigenvalue weighted by atomic mass is 35.5. The summed E-state index contributed by atoms with van der Waals surface area (Å²) in [5.74, 6) is -1.19. The fourth-order valence-electron chi connectivity index (χ4n) is 1.79. The average molecular weight is 270 g/mol. The van der Waals surface area contributed by atoms with Crippen molar-refractivity contribution < 1.29 is 9.59 Å². The first kappa shape index (κ1) is 12.1. The van der Waals surface area contributed by atoms with Crippen molar-refractivity contribution in [1.82, 2.24) is 0 Å². The van der Waals surface area contributed by atoms with E-state index in [-0.39, 0.29) is 10.6 Å². The molecule has 0 N–H and O–H groups in total. The van der Waals surface area contributed by atoms with Crippen molar-refractivity contribution in [2.75, 3.05) is 11.4 Å². The second-order valence-corrected chi connectivity index (χ2v) is 4.43. The maximum atomic E-state index is 11.8. The second kappa shape index (κ2) is 4.51. The Labute approximate surface area is 109 Å². The van der Waals surface area contributed by atoms with E-state index < -0.39 is 11.7 Å². The van der Waals surface area contributed by atoms with Crippen LogP contribution in [-0.2, 0) is 4.79 Å². The lowest BCUT2D eigenvalue weighted by Crippen LogP contribution is -2.30. The third-order valence-corrected chi connectivity index (χ3v) is 3.19. The molecule has 1 amide bonds. The molecule has 0 spiro atoms. The summed E-state index contributed by atoms with van der Waals surface area (Å²) >= 11 is 11.9. The lowest BCUT2D eigenvalue weighted by atomic mass is 10.1. The van der Waals surface area contributed by atoms with Crippen LogP contribution in [0.5, 0.6) is 0 Å². The lowest BCUT2D eigenvalue weighted by molar-refractivity contribution is -0.114. The second-order valence-electron chi connectivity index (χ2n) is 3.62. The van der Waals surface area contributed by atoms with Crippen LogP contribution in [0.25, 0.3) is 0 Å². The third-order valence-electron chi connectivity index (χ3n) is 2.57. The monoisotopic (exact) mass is 269 g/mol. The number of benzene rings is 1. The topological polar surface area (TPSA) is 37.4 Å². The van der Waals surface area contributed by atoms with Gasteiger partial charge in [-0.25, -0.2) is 0 Å². The lowest BCUT2D eigenvalue weighted by Gasteiger charge is -2.16. The largest absolute Gasteiger partial charge is 0.303 e. The van der Waals surface area contributed by atoms with E-state index in [0.717, 1.165) is 0 Å². The van der Waals surface area contributed by atoms with Crippen molar-refractivity contribution >= 4 is 40.6 Å². The van der Waals surface area contributed by atoms with E-state index >= 15 is 0 Å². The molecular formula is C12H9Cl2NO2. The Bertz CT molecular complexity index is 525. The van der Waals surface area contributed by atoms with E-state index in [1.807, 2.05) is 0 Å². The van der Waals surface area contributed by atoms with E-state index in [9.17, 15) is 9.59 Å². The van der Waals surface area contributed by atoms with E-state index in [1.54, 1.807) is 12.1 Å². The highest BCUT2D eigenvalue weighted by Gasteiger charge is 2.38. The Kier molecular flexibility index (Phi) is 3.22. The molecule has 5 heteroatoms. The number of Topliss-reactive ketones (excluding diaryl/α,β-unsaturated/α-hetero) is 1. The van der Waals surface area contributed by atoms with Crippen molar-refractivity contribution in [2.45, 2.75) is 6.42 Å². The number of rotatable bonds is 3. The minimum atomic E-state index is -0.600. The zero-order valence-electron chi connectivity index (χ0n) is 8.87. The van der Waals surface area contributed by atoms with Gasteiger partial charge in [0.15, 0.2) is 0 Å². The molecule has 0 aliphatic carbocycles. The van der Waals surface area contributed by atoms with Crippen molar-refractivity contribution in [3.05, 3.63) is 40.4 Å². The minimum Gasteiger partial charge on any atom is -0.303 e. The molecule has 0 fully saturated rings. The van der Waals surface area contributed by atoms with Gasteiger partial charge < -0.3 is 4.90 Å². The molecule has 0 atom stereocenters. The molecule has 0 saturated carbocycles. The smallest absolute Gasteiger partial charge is 0.299 e. The van der Waals surface area contributed by atoms with Gasteiger partial charge in [-0.05, 0) is 18.6 Å². The molecule has 1 aliphatic heterocycles. The quantitative estimate of drug-likeness (QED) is 0.625. The number of fused-ring (bicyclic) bond motifs is 1. The number of anilines is 1. The van der Waals surface area contributed by atoms with Crippen molar-refractivity contribution in [3.63, 3.8) is 0 Å². The van der Waals surface area contributed by atoms with E-state index in [0.29, 0.717) is 23.7 Å². The number of amides is 1. The van der Waals surface area contributed by atoms with Gasteiger partial charge in [-0.3, -0.25) is 9.59 Å². The van der Waals surface area contributed by atoms with Gasteiger partial charge in [0.2, 0.25) is 0 Å². The van der Waals surface area contributed by atoms with Crippen LogP contribution in [0, 0.1) is 0 Å². The van der Waals surface area contributed by atoms with Gasteiger partial charge in [0, 0.05) is 6.54 Å². The van der Waals surface area contributed by atoms with Gasteiger partial charge in [0.05, 0.1) is 21.3 Å². The molecule has 1 aromatic rings. The van der Waals surface area contributed by atoms with E-state index in [1.165, 1.54) is 11.0 Å². The predicted octanol–water partition coefficient (Wildman–Crippen LogP) is 3.10. The summed E-state index contributed by atoms with van der Waals surface area (Å²) in [6, 6.07) is 3.10. The van der Waals surface area contributed by atoms with Crippen LogP contribution in [0.1, 0.15) is 16.8 Å². The number of hydrogen-bond donors (Lipinski definition) is 0. The molecule has 0 unspecified atom stereocenters. The van der Waals surface area contributed by atoms with Crippen molar-refractivity contribution in [3.8, 4) is 0 Å². The number of halogens is 2. The molecular weight excluding hydrogens is 261 g/mol. The van der Waals surface area contributed by atoms with Gasteiger partial charge in [0.1, 0.15) is 0 Å². The molecule has 0 bridgehead atoms. The van der Waals surface area contributed by atoms with Gasteiger partial charge >= 0.3 is 0 Å². The maximum Gasteiger partial charge on any atom is 0.299 e. The molecule has 17 heavy (non-hydrogen) atoms. The summed E-state index contributed by atoms with van der Waals surface area (Å²) in [5, 5.41) is 0.608. The summed E-state index contributed by atoms with van der Waals surface area (Å²) in [6.07, 6.45) is 2.26. The number of carbonyl (C=O) groups excluding carboxylic acids is 2. The zero-order valence-corrected chi connectivity index (χ0v) is 10.4. The summed E-state index contributed by atoms with van der Waals surface area (Å²) < 4.78 is 0. The molecule has 0 aromatic heterocycles. The maximum absolute atomic E-state index is 11.8. The number of carbonyl (C=O) groups is 2. The average Bonchev–Trinajstić information content (AvgIpc) is 2.56. The van der Waals surface area contributed by atoms with Crippen LogP contribution in [0.4, 0.5) is 5.69 Å². The van der Waals surface area contributed by atoms with Gasteiger partial charge in [-0.1, -0.05) is 29.3 Å². The van der Waals surface area contributed by atoms with Crippen LogP contribution in [0.3, 0.4) is 0 Å². The molecule has 88 valence electrons. The first-order valence-corrected chi connectivity index (χ1v) is 5.78. The Balaban J connectivity index is 2.55. The van der Waals surface area contributed by atoms with E-state index in [4.69, 9.17) is 23.2 Å². The summed E-state index contributed by atoms with van der Waals surface area (Å²) in [6.45, 7) is 3.96. The van der Waals surface area contributed by atoms with Gasteiger partial charge in [-0.2, -0.15) is 0 Å². The first-order chi connectivity index (χ1) is 8.07. The van der Waals surface area contributed by atoms with Crippen molar-refractivity contribution in [1.29, 1.82) is 0 Å². The third kappa shape index (κ3) is 1.85. The Morgan fingerprint density at radius 1 is 1.24 bits per heavy atom. The molecule has 2 rings (SSSR count). The Morgan fingerprint density at radius 3 is 2.53 bits per heavy atom. The molecule has 1 aliphatic rings. The molecule has 1 aromatic carbocycles. The number of hydrogen-bond acceptors (Lipinski definition) is 2. The number of nitrogens with zero attached hydrogens (tertiary/aromatic N) is 1. The predicted molar refractivity (Wildman–Crippen MR) is 68.0 cm³/mol. The van der Waals surface area contributed by atoms with Gasteiger partial charge in [0.25, 0.3) is 11.7 Å². The van der Waals surface area contributed by atoms with Crippen LogP contribution in [0.2, 0.25) is 10.0 Å². The van der Waals surface area contributed by atoms with Crippen LogP contribution in [0.15, 0.2) is 24.8 Å². The Morgan fingerprint density at radius 2 is 1.88 bits per heavy atom. The van der Waals surface area contributed by atoms with Gasteiger partial charge in [-0.15, -0.1) is 6.58 Å². The molecule has 0 saturated heterocycles. The molecule has 3 nitrogen and oxygen atoms in total. The summed E-state index contributed by atoms with van der Waals surface area (Å²) in [7, 11) is 0. The zero-order chi connectivity index (χ0) is 12.6. The van der Waals surface area contributed by atoms with Crippen LogP contribution in [-0.4, -0.2) is 18.2 Å². The standard InChI is InChI=1S/C12H9Cl2NO2/c1-2-3-6-15-10-8(14)5-4-7(13)9(10)11(16)12(15)17/h2,4-5H,1,3,6H2. The first-order valence-electron chi connectivity index (χ1n) is 5.03. The summed E-state index contributed by atoms with van der Waals surface area (Å²) in [4.78, 5) is 24.9. The fourth-order valence-corrected chi connectivity index (χ4v) is 2.28. The van der Waals surface area contributed by atoms with Crippen LogP contribution >= 0.6 is 23.2 Å². The number of ketones is 1. The van der Waals surface area contributed by atoms with Crippen molar-refractivity contribution in [2.24, 2.45) is 0 Å². The molecule has 0 radical (unpaired) electrons. The normalized spacial score (nSPS) is 14.1. The Hall–Kier alpha value is -1.32. The highest BCUT2D eigenvalue weighted by Crippen LogP contribution is 2.39. The fraction of sp³-hybridized carbons (Fsp3) is 0.167.